The Kier molecular flexibility index (Phi) is 6.45. The molecule has 29 heavy (non-hydrogen) atoms. The molecular formula is C24H30FN3O. The van der Waals surface area contributed by atoms with E-state index in [1.165, 1.54) is 5.56 Å². The van der Waals surface area contributed by atoms with Gasteiger partial charge in [-0.05, 0) is 37.0 Å². The highest BCUT2D eigenvalue weighted by molar-refractivity contribution is 5.81. The van der Waals surface area contributed by atoms with Gasteiger partial charge in [-0.15, -0.1) is 0 Å². The van der Waals surface area contributed by atoms with Crippen molar-refractivity contribution in [3.05, 3.63) is 71.5 Å². The third-order valence-electron chi connectivity index (χ3n) is 5.77. The van der Waals surface area contributed by atoms with Gasteiger partial charge in [0.15, 0.2) is 5.96 Å². The Morgan fingerprint density at radius 3 is 2.76 bits per heavy atom. The zero-order valence-electron chi connectivity index (χ0n) is 17.1. The molecule has 0 bridgehead atoms. The molecule has 2 aromatic rings. The topological polar surface area (TPSA) is 36.9 Å². The van der Waals surface area contributed by atoms with E-state index in [2.05, 4.69) is 29.3 Å². The normalized spacial score (nSPS) is 24.0. The van der Waals surface area contributed by atoms with Crippen molar-refractivity contribution in [2.24, 2.45) is 10.9 Å². The maximum Gasteiger partial charge on any atom is 0.194 e. The average Bonchev–Trinajstić information content (AvgIpc) is 3.33. The van der Waals surface area contributed by atoms with Gasteiger partial charge in [0.05, 0.1) is 13.2 Å². The smallest absolute Gasteiger partial charge is 0.194 e. The lowest BCUT2D eigenvalue weighted by Crippen LogP contribution is -2.42. The van der Waals surface area contributed by atoms with Crippen LogP contribution in [0.15, 0.2) is 59.6 Å². The minimum atomic E-state index is -0.104. The van der Waals surface area contributed by atoms with Crippen molar-refractivity contribution < 1.29 is 9.13 Å². The van der Waals surface area contributed by atoms with E-state index in [9.17, 15) is 4.39 Å². The molecule has 0 spiro atoms. The number of hydrogen-bond donors (Lipinski definition) is 1. The molecule has 0 radical (unpaired) electrons. The molecule has 1 heterocycles. The van der Waals surface area contributed by atoms with Gasteiger partial charge in [0.2, 0.25) is 0 Å². The second kappa shape index (κ2) is 9.40. The predicted octanol–water partition coefficient (Wildman–Crippen LogP) is 4.19. The van der Waals surface area contributed by atoms with Gasteiger partial charge in [-0.1, -0.05) is 48.5 Å². The Hall–Kier alpha value is -2.40. The van der Waals surface area contributed by atoms with Gasteiger partial charge >= 0.3 is 0 Å². The minimum Gasteiger partial charge on any atom is -0.376 e. The van der Waals surface area contributed by atoms with E-state index in [1.807, 2.05) is 30.3 Å². The van der Waals surface area contributed by atoms with Gasteiger partial charge < -0.3 is 15.0 Å². The van der Waals surface area contributed by atoms with Crippen molar-refractivity contribution in [3.8, 4) is 0 Å². The first-order valence-electron chi connectivity index (χ1n) is 10.7. The molecule has 2 fully saturated rings. The van der Waals surface area contributed by atoms with Gasteiger partial charge in [0.1, 0.15) is 5.82 Å². The molecule has 1 N–H and O–H groups in total. The lowest BCUT2D eigenvalue weighted by Gasteiger charge is -2.22. The van der Waals surface area contributed by atoms with Crippen molar-refractivity contribution in [1.29, 1.82) is 0 Å². The third kappa shape index (κ3) is 5.15. The number of hydrogen-bond acceptors (Lipinski definition) is 2. The van der Waals surface area contributed by atoms with Crippen LogP contribution in [-0.4, -0.2) is 43.1 Å². The van der Waals surface area contributed by atoms with Crippen molar-refractivity contribution in [2.45, 2.75) is 38.3 Å². The molecule has 3 atom stereocenters. The number of likely N-dealkylation sites (tertiary alicyclic amines) is 1. The fraction of sp³-hybridized carbons (Fsp3) is 0.458. The summed E-state index contributed by atoms with van der Waals surface area (Å²) < 4.78 is 20.0. The Morgan fingerprint density at radius 2 is 1.97 bits per heavy atom. The Bertz CT molecular complexity index is 826. The number of rotatable bonds is 7. The van der Waals surface area contributed by atoms with Gasteiger partial charge in [0.25, 0.3) is 0 Å². The summed E-state index contributed by atoms with van der Waals surface area (Å²) in [5.74, 6) is 1.62. The summed E-state index contributed by atoms with van der Waals surface area (Å²) in [6.07, 6.45) is 2.07. The molecule has 2 aliphatic rings. The number of benzene rings is 2. The van der Waals surface area contributed by atoms with E-state index in [1.54, 1.807) is 12.1 Å². The maximum atomic E-state index is 14.1. The van der Waals surface area contributed by atoms with Crippen molar-refractivity contribution in [1.82, 2.24) is 10.2 Å². The number of ether oxygens (including phenoxy) is 1. The van der Waals surface area contributed by atoms with Gasteiger partial charge in [-0.2, -0.15) is 0 Å². The highest BCUT2D eigenvalue weighted by Gasteiger charge is 2.41. The molecule has 0 amide bonds. The van der Waals surface area contributed by atoms with Gasteiger partial charge in [-0.25, -0.2) is 4.39 Å². The van der Waals surface area contributed by atoms with Crippen LogP contribution in [0.4, 0.5) is 4.39 Å². The molecule has 1 aliphatic carbocycles. The van der Waals surface area contributed by atoms with E-state index < -0.39 is 0 Å². The fourth-order valence-electron chi connectivity index (χ4n) is 4.11. The van der Waals surface area contributed by atoms with Gasteiger partial charge in [0, 0.05) is 37.5 Å². The standard InChI is InChI=1S/C24H30FN3O/c1-2-26-24(27-23-14-21(23)20-10-6-7-11-22(20)25)28-13-12-19(15-28)17-29-16-18-8-4-3-5-9-18/h3-11,19,21,23H,2,12-17H2,1H3,(H,26,27). The maximum absolute atomic E-state index is 14.1. The zero-order chi connectivity index (χ0) is 20.1. The van der Waals surface area contributed by atoms with Crippen LogP contribution in [0.1, 0.15) is 36.8 Å². The Morgan fingerprint density at radius 1 is 1.17 bits per heavy atom. The summed E-state index contributed by atoms with van der Waals surface area (Å²) in [5.41, 5.74) is 2.03. The van der Waals surface area contributed by atoms with E-state index in [0.29, 0.717) is 12.5 Å². The molecule has 4 nitrogen and oxygen atoms in total. The highest BCUT2D eigenvalue weighted by atomic mass is 19.1. The molecule has 1 saturated carbocycles. The summed E-state index contributed by atoms with van der Waals surface area (Å²) in [4.78, 5) is 7.03. The number of halogens is 1. The van der Waals surface area contributed by atoms with Crippen LogP contribution >= 0.6 is 0 Å². The number of guanidine groups is 1. The summed E-state index contributed by atoms with van der Waals surface area (Å²) in [7, 11) is 0. The lowest BCUT2D eigenvalue weighted by atomic mass is 10.1. The lowest BCUT2D eigenvalue weighted by molar-refractivity contribution is 0.0906. The van der Waals surface area contributed by atoms with Gasteiger partial charge in [-0.3, -0.25) is 4.99 Å². The Balaban J connectivity index is 1.26. The second-order valence-corrected chi connectivity index (χ2v) is 8.01. The molecule has 0 aromatic heterocycles. The molecule has 154 valence electrons. The van der Waals surface area contributed by atoms with E-state index in [-0.39, 0.29) is 17.8 Å². The van der Waals surface area contributed by atoms with Crippen LogP contribution in [0.25, 0.3) is 0 Å². The van der Waals surface area contributed by atoms with Crippen molar-refractivity contribution in [3.63, 3.8) is 0 Å². The molecule has 5 heteroatoms. The third-order valence-corrected chi connectivity index (χ3v) is 5.77. The first-order valence-corrected chi connectivity index (χ1v) is 10.7. The number of aliphatic imine (C=N–C) groups is 1. The predicted molar refractivity (Wildman–Crippen MR) is 114 cm³/mol. The molecular weight excluding hydrogens is 365 g/mol. The summed E-state index contributed by atoms with van der Waals surface area (Å²) in [6.45, 7) is 6.18. The summed E-state index contributed by atoms with van der Waals surface area (Å²) in [6, 6.07) is 17.7. The van der Waals surface area contributed by atoms with Crippen LogP contribution in [0.2, 0.25) is 0 Å². The zero-order valence-corrected chi connectivity index (χ0v) is 17.1. The van der Waals surface area contributed by atoms with Crippen LogP contribution in [-0.2, 0) is 11.3 Å². The first kappa shape index (κ1) is 19.9. The van der Waals surface area contributed by atoms with Crippen LogP contribution in [0.5, 0.6) is 0 Å². The van der Waals surface area contributed by atoms with Crippen LogP contribution in [0.3, 0.4) is 0 Å². The number of nitrogens with zero attached hydrogens (tertiary/aromatic N) is 2. The molecule has 4 rings (SSSR count). The summed E-state index contributed by atoms with van der Waals surface area (Å²) in [5, 5.41) is 3.58. The van der Waals surface area contributed by atoms with E-state index >= 15 is 0 Å². The summed E-state index contributed by atoms with van der Waals surface area (Å²) >= 11 is 0. The largest absolute Gasteiger partial charge is 0.376 e. The molecule has 3 unspecified atom stereocenters. The van der Waals surface area contributed by atoms with Crippen LogP contribution < -0.4 is 5.32 Å². The van der Waals surface area contributed by atoms with E-state index in [0.717, 1.165) is 50.6 Å². The Labute approximate surface area is 172 Å². The second-order valence-electron chi connectivity index (χ2n) is 8.01. The highest BCUT2D eigenvalue weighted by Crippen LogP contribution is 2.42. The van der Waals surface area contributed by atoms with Crippen molar-refractivity contribution >= 4 is 5.96 Å². The van der Waals surface area contributed by atoms with E-state index in [4.69, 9.17) is 9.73 Å². The fourth-order valence-corrected chi connectivity index (χ4v) is 4.11. The van der Waals surface area contributed by atoms with Crippen molar-refractivity contribution in [2.75, 3.05) is 26.2 Å². The average molecular weight is 396 g/mol. The molecule has 1 aliphatic heterocycles. The quantitative estimate of drug-likeness (QED) is 0.564. The molecule has 1 saturated heterocycles. The first-order chi connectivity index (χ1) is 14.2. The molecule has 2 aromatic carbocycles. The SMILES string of the molecule is CCN=C(NC1CC1c1ccccc1F)N1CCC(COCc2ccccc2)C1. The monoisotopic (exact) mass is 395 g/mol. The number of nitrogens with one attached hydrogen (secondary N) is 1. The van der Waals surface area contributed by atoms with Crippen LogP contribution in [0, 0.1) is 11.7 Å². The minimum absolute atomic E-state index is 0.104.